The highest BCUT2D eigenvalue weighted by atomic mass is 35.5. The standard InChI is InChI=1S/C25H19Cl2N3O3/c1-33-18-8-5-14(6-9-18)13-30-24(15-3-2-4-16(26)11-15)21-22(28-29-23(21)25(30)32)19-12-17(27)7-10-20(19)31/h2-12,24,31H,13H2,1H3,(H,28,29). The van der Waals surface area contributed by atoms with Crippen LogP contribution in [-0.2, 0) is 6.54 Å². The SMILES string of the molecule is COc1ccc(CN2C(=O)c3[nH]nc(-c4cc(Cl)ccc4O)c3C2c2cccc(Cl)c2)cc1. The molecule has 0 aliphatic carbocycles. The maximum absolute atomic E-state index is 13.5. The summed E-state index contributed by atoms with van der Waals surface area (Å²) in [6.07, 6.45) is 0. The number of hydrogen-bond donors (Lipinski definition) is 2. The Balaban J connectivity index is 1.65. The molecule has 4 aromatic rings. The first-order valence-electron chi connectivity index (χ1n) is 10.2. The molecule has 2 N–H and O–H groups in total. The molecule has 1 aliphatic rings. The fraction of sp³-hybridized carbons (Fsp3) is 0.120. The van der Waals surface area contributed by atoms with E-state index in [9.17, 15) is 9.90 Å². The minimum absolute atomic E-state index is 0.0274. The van der Waals surface area contributed by atoms with E-state index >= 15 is 0 Å². The number of aromatic nitrogens is 2. The highest BCUT2D eigenvalue weighted by Gasteiger charge is 2.42. The average molecular weight is 480 g/mol. The van der Waals surface area contributed by atoms with Crippen LogP contribution in [0.4, 0.5) is 0 Å². The molecule has 33 heavy (non-hydrogen) atoms. The number of H-pyrrole nitrogens is 1. The monoisotopic (exact) mass is 479 g/mol. The molecule has 0 saturated heterocycles. The summed E-state index contributed by atoms with van der Waals surface area (Å²) in [6.45, 7) is 0.365. The number of carbonyl (C=O) groups is 1. The minimum Gasteiger partial charge on any atom is -0.507 e. The van der Waals surface area contributed by atoms with Gasteiger partial charge in [-0.15, -0.1) is 0 Å². The van der Waals surface area contributed by atoms with Gasteiger partial charge in [0.15, 0.2) is 0 Å². The quantitative estimate of drug-likeness (QED) is 0.376. The number of fused-ring (bicyclic) bond motifs is 1. The number of amides is 1. The smallest absolute Gasteiger partial charge is 0.273 e. The molecule has 1 aromatic heterocycles. The van der Waals surface area contributed by atoms with E-state index in [0.717, 1.165) is 16.9 Å². The summed E-state index contributed by atoms with van der Waals surface area (Å²) < 4.78 is 5.24. The first-order chi connectivity index (χ1) is 16.0. The Hall–Kier alpha value is -3.48. The van der Waals surface area contributed by atoms with Crippen molar-refractivity contribution in [1.82, 2.24) is 15.1 Å². The van der Waals surface area contributed by atoms with E-state index in [4.69, 9.17) is 27.9 Å². The second-order valence-corrected chi connectivity index (χ2v) is 8.63. The fourth-order valence-electron chi connectivity index (χ4n) is 4.21. The molecule has 1 amide bonds. The van der Waals surface area contributed by atoms with Crippen LogP contribution in [0.2, 0.25) is 10.0 Å². The predicted molar refractivity (Wildman–Crippen MR) is 127 cm³/mol. The molecule has 8 heteroatoms. The van der Waals surface area contributed by atoms with Crippen molar-refractivity contribution in [3.05, 3.63) is 99.2 Å². The Morgan fingerprint density at radius 2 is 1.82 bits per heavy atom. The normalized spacial score (nSPS) is 15.1. The van der Waals surface area contributed by atoms with Crippen molar-refractivity contribution in [2.24, 2.45) is 0 Å². The molecule has 166 valence electrons. The summed E-state index contributed by atoms with van der Waals surface area (Å²) in [4.78, 5) is 15.3. The lowest BCUT2D eigenvalue weighted by atomic mass is 9.95. The van der Waals surface area contributed by atoms with Gasteiger partial charge in [-0.05, 0) is 53.6 Å². The van der Waals surface area contributed by atoms with E-state index in [-0.39, 0.29) is 11.7 Å². The van der Waals surface area contributed by atoms with Crippen LogP contribution in [0.1, 0.15) is 33.2 Å². The number of nitrogens with one attached hydrogen (secondary N) is 1. The zero-order chi connectivity index (χ0) is 23.1. The molecule has 1 unspecified atom stereocenters. The third-order valence-electron chi connectivity index (χ3n) is 5.75. The number of hydrogen-bond acceptors (Lipinski definition) is 4. The maximum Gasteiger partial charge on any atom is 0.273 e. The Labute approximate surface area is 200 Å². The number of phenolic OH excluding ortho intramolecular Hbond substituents is 1. The number of aromatic amines is 1. The zero-order valence-electron chi connectivity index (χ0n) is 17.5. The molecule has 1 atom stereocenters. The molecule has 0 fully saturated rings. The Kier molecular flexibility index (Phi) is 5.48. The molecule has 2 heterocycles. The molecule has 0 bridgehead atoms. The van der Waals surface area contributed by atoms with Gasteiger partial charge in [0.05, 0.1) is 13.2 Å². The summed E-state index contributed by atoms with van der Waals surface area (Å²) in [7, 11) is 1.61. The van der Waals surface area contributed by atoms with Crippen molar-refractivity contribution in [1.29, 1.82) is 0 Å². The first-order valence-corrected chi connectivity index (χ1v) is 11.0. The first kappa shape index (κ1) is 21.4. The third-order valence-corrected chi connectivity index (χ3v) is 6.22. The summed E-state index contributed by atoms with van der Waals surface area (Å²) in [5.74, 6) is 0.580. The summed E-state index contributed by atoms with van der Waals surface area (Å²) in [6, 6.07) is 19.3. The zero-order valence-corrected chi connectivity index (χ0v) is 19.1. The van der Waals surface area contributed by atoms with Crippen molar-refractivity contribution < 1.29 is 14.6 Å². The van der Waals surface area contributed by atoms with E-state index in [1.807, 2.05) is 42.5 Å². The van der Waals surface area contributed by atoms with Crippen molar-refractivity contribution in [3.8, 4) is 22.8 Å². The molecule has 0 saturated carbocycles. The van der Waals surface area contributed by atoms with Crippen molar-refractivity contribution >= 4 is 29.1 Å². The summed E-state index contributed by atoms with van der Waals surface area (Å²) in [5, 5.41) is 18.8. The predicted octanol–water partition coefficient (Wildman–Crippen LogP) is 5.84. The van der Waals surface area contributed by atoms with E-state index < -0.39 is 6.04 Å². The van der Waals surface area contributed by atoms with E-state index in [1.54, 1.807) is 30.2 Å². The van der Waals surface area contributed by atoms with Crippen LogP contribution >= 0.6 is 23.2 Å². The van der Waals surface area contributed by atoms with Crippen molar-refractivity contribution in [2.45, 2.75) is 12.6 Å². The number of methoxy groups -OCH3 is 1. The van der Waals surface area contributed by atoms with Gasteiger partial charge in [0, 0.05) is 27.7 Å². The molecule has 5 rings (SSSR count). The van der Waals surface area contributed by atoms with Crippen molar-refractivity contribution in [3.63, 3.8) is 0 Å². The molecule has 0 spiro atoms. The van der Waals surface area contributed by atoms with Gasteiger partial charge in [-0.2, -0.15) is 5.10 Å². The number of carbonyl (C=O) groups excluding carboxylic acids is 1. The molecule has 1 aliphatic heterocycles. The highest BCUT2D eigenvalue weighted by Crippen LogP contribution is 2.45. The topological polar surface area (TPSA) is 78.5 Å². The largest absolute Gasteiger partial charge is 0.507 e. The van der Waals surface area contributed by atoms with Crippen LogP contribution in [0.25, 0.3) is 11.3 Å². The molecule has 3 aromatic carbocycles. The van der Waals surface area contributed by atoms with Crippen molar-refractivity contribution in [2.75, 3.05) is 7.11 Å². The van der Waals surface area contributed by atoms with Gasteiger partial charge in [0.25, 0.3) is 5.91 Å². The molecular formula is C25H19Cl2N3O3. The number of rotatable bonds is 5. The van der Waals surface area contributed by atoms with Gasteiger partial charge >= 0.3 is 0 Å². The van der Waals surface area contributed by atoms with Crippen LogP contribution in [-0.4, -0.2) is 33.2 Å². The Morgan fingerprint density at radius 3 is 2.55 bits per heavy atom. The lowest BCUT2D eigenvalue weighted by Gasteiger charge is -2.27. The van der Waals surface area contributed by atoms with Crippen LogP contribution < -0.4 is 4.74 Å². The van der Waals surface area contributed by atoms with Crippen LogP contribution in [0, 0.1) is 0 Å². The lowest BCUT2D eigenvalue weighted by molar-refractivity contribution is 0.0730. The lowest BCUT2D eigenvalue weighted by Crippen LogP contribution is -2.29. The number of benzene rings is 3. The number of halogens is 2. The maximum atomic E-state index is 13.5. The second-order valence-electron chi connectivity index (χ2n) is 7.76. The second kappa shape index (κ2) is 8.46. The van der Waals surface area contributed by atoms with Gasteiger partial charge in [0.1, 0.15) is 22.9 Å². The number of phenols is 1. The highest BCUT2D eigenvalue weighted by molar-refractivity contribution is 6.31. The number of aromatic hydroxyl groups is 1. The van der Waals surface area contributed by atoms with Gasteiger partial charge < -0.3 is 14.7 Å². The van der Waals surface area contributed by atoms with Crippen LogP contribution in [0.3, 0.4) is 0 Å². The fourth-order valence-corrected chi connectivity index (χ4v) is 4.58. The molecular weight excluding hydrogens is 461 g/mol. The number of ether oxygens (including phenoxy) is 1. The Bertz CT molecular complexity index is 1350. The Morgan fingerprint density at radius 1 is 1.06 bits per heavy atom. The molecule has 0 radical (unpaired) electrons. The van der Waals surface area contributed by atoms with Crippen LogP contribution in [0.5, 0.6) is 11.5 Å². The average Bonchev–Trinajstić information content (AvgIpc) is 3.35. The summed E-state index contributed by atoms with van der Waals surface area (Å²) >= 11 is 12.5. The van der Waals surface area contributed by atoms with E-state index in [2.05, 4.69) is 10.2 Å². The van der Waals surface area contributed by atoms with E-state index in [1.165, 1.54) is 6.07 Å². The minimum atomic E-state index is -0.458. The van der Waals surface area contributed by atoms with Gasteiger partial charge in [-0.1, -0.05) is 47.5 Å². The van der Waals surface area contributed by atoms with Gasteiger partial charge in [-0.3, -0.25) is 9.89 Å². The molecule has 6 nitrogen and oxygen atoms in total. The number of nitrogens with zero attached hydrogens (tertiary/aromatic N) is 2. The van der Waals surface area contributed by atoms with Gasteiger partial charge in [-0.25, -0.2) is 0 Å². The summed E-state index contributed by atoms with van der Waals surface area (Å²) in [5.41, 5.74) is 3.76. The third kappa shape index (κ3) is 3.81. The van der Waals surface area contributed by atoms with E-state index in [0.29, 0.717) is 39.1 Å². The van der Waals surface area contributed by atoms with Crippen LogP contribution in [0.15, 0.2) is 66.7 Å². The van der Waals surface area contributed by atoms with Gasteiger partial charge in [0.2, 0.25) is 0 Å².